The Morgan fingerprint density at radius 2 is 1.56 bits per heavy atom. The predicted molar refractivity (Wildman–Crippen MR) is 117 cm³/mol. The molecule has 6 heteroatoms. The van der Waals surface area contributed by atoms with Crippen molar-refractivity contribution in [3.63, 3.8) is 0 Å². The fourth-order valence-electron chi connectivity index (χ4n) is 2.59. The first-order valence-corrected chi connectivity index (χ1v) is 10.2. The smallest absolute Gasteiger partial charge is 0.124 e. The maximum Gasteiger partial charge on any atom is 0.124 e. The van der Waals surface area contributed by atoms with Crippen LogP contribution in [-0.2, 0) is 19.7 Å². The summed E-state index contributed by atoms with van der Waals surface area (Å²) in [5.41, 5.74) is 3.08. The Kier molecular flexibility index (Phi) is 7.45. The fourth-order valence-corrected chi connectivity index (χ4v) is 3.52. The maximum atomic E-state index is 6.21. The van der Waals surface area contributed by atoms with Crippen molar-refractivity contribution in [2.75, 3.05) is 0 Å². The highest BCUT2D eigenvalue weighted by Crippen LogP contribution is 2.26. The summed E-state index contributed by atoms with van der Waals surface area (Å²) in [4.78, 5) is 0. The van der Waals surface area contributed by atoms with E-state index in [1.165, 1.54) is 0 Å². The highest BCUT2D eigenvalue weighted by molar-refractivity contribution is 9.10. The third-order valence-electron chi connectivity index (χ3n) is 3.99. The lowest BCUT2D eigenvalue weighted by Crippen LogP contribution is -2.14. The molecule has 140 valence electrons. The minimum absolute atomic E-state index is 0.413. The van der Waals surface area contributed by atoms with Gasteiger partial charge in [-0.2, -0.15) is 0 Å². The molecule has 3 aromatic carbocycles. The molecule has 0 heterocycles. The minimum atomic E-state index is 0.413. The van der Waals surface area contributed by atoms with Crippen molar-refractivity contribution in [1.29, 1.82) is 0 Å². The Bertz CT molecular complexity index is 933. The van der Waals surface area contributed by atoms with Crippen molar-refractivity contribution < 1.29 is 4.74 Å². The van der Waals surface area contributed by atoms with Gasteiger partial charge >= 0.3 is 0 Å². The molecule has 0 amide bonds. The summed E-state index contributed by atoms with van der Waals surface area (Å²) in [7, 11) is 0. The molecule has 0 saturated heterocycles. The molecule has 0 atom stereocenters. The third-order valence-corrected chi connectivity index (χ3v) is 5.59. The van der Waals surface area contributed by atoms with Gasteiger partial charge in [-0.15, -0.1) is 0 Å². The second kappa shape index (κ2) is 9.81. The molecule has 0 aliphatic heterocycles. The van der Waals surface area contributed by atoms with E-state index in [9.17, 15) is 0 Å². The zero-order chi connectivity index (χ0) is 19.2. The topological polar surface area (TPSA) is 21.3 Å². The van der Waals surface area contributed by atoms with E-state index in [-0.39, 0.29) is 0 Å². The molecule has 0 spiro atoms. The molecule has 3 aromatic rings. The van der Waals surface area contributed by atoms with Crippen molar-refractivity contribution in [2.24, 2.45) is 0 Å². The van der Waals surface area contributed by atoms with Gasteiger partial charge in [-0.05, 0) is 47.5 Å². The van der Waals surface area contributed by atoms with E-state index >= 15 is 0 Å². The van der Waals surface area contributed by atoms with Gasteiger partial charge in [-0.1, -0.05) is 75.0 Å². The van der Waals surface area contributed by atoms with Gasteiger partial charge in [-0.3, -0.25) is 0 Å². The molecule has 0 bridgehead atoms. The van der Waals surface area contributed by atoms with E-state index in [0.717, 1.165) is 31.9 Å². The van der Waals surface area contributed by atoms with E-state index in [2.05, 4.69) is 21.2 Å². The van der Waals surface area contributed by atoms with Crippen LogP contribution >= 0.6 is 50.7 Å². The molecule has 0 unspecified atom stereocenters. The molecule has 0 aliphatic carbocycles. The van der Waals surface area contributed by atoms with Gasteiger partial charge in [0.25, 0.3) is 0 Å². The second-order valence-electron chi connectivity index (χ2n) is 5.98. The van der Waals surface area contributed by atoms with Crippen LogP contribution in [0.5, 0.6) is 5.75 Å². The molecule has 0 aliphatic rings. The van der Waals surface area contributed by atoms with Crippen LogP contribution in [0.25, 0.3) is 0 Å². The number of benzene rings is 3. The molecule has 0 saturated carbocycles. The second-order valence-corrected chi connectivity index (χ2v) is 8.12. The molecule has 27 heavy (non-hydrogen) atoms. The van der Waals surface area contributed by atoms with Crippen LogP contribution in [0.2, 0.25) is 15.1 Å². The number of halogens is 4. The summed E-state index contributed by atoms with van der Waals surface area (Å²) in [5, 5.41) is 5.24. The van der Waals surface area contributed by atoms with E-state index in [0.29, 0.717) is 29.7 Å². The molecule has 1 N–H and O–H groups in total. The third kappa shape index (κ3) is 5.87. The predicted octanol–water partition coefficient (Wildman–Crippen LogP) is 7.28. The number of rotatable bonds is 7. The average molecular weight is 486 g/mol. The van der Waals surface area contributed by atoms with Crippen molar-refractivity contribution in [2.45, 2.75) is 19.7 Å². The Morgan fingerprint density at radius 1 is 0.778 bits per heavy atom. The number of ether oxygens (including phenoxy) is 1. The molecular weight excluding hydrogens is 469 g/mol. The number of hydrogen-bond acceptors (Lipinski definition) is 2. The van der Waals surface area contributed by atoms with Crippen molar-refractivity contribution in [3.8, 4) is 5.75 Å². The lowest BCUT2D eigenvalue weighted by atomic mass is 10.1. The first-order valence-electron chi connectivity index (χ1n) is 8.32. The van der Waals surface area contributed by atoms with Crippen LogP contribution in [0.1, 0.15) is 16.7 Å². The van der Waals surface area contributed by atoms with Crippen LogP contribution in [-0.4, -0.2) is 0 Å². The lowest BCUT2D eigenvalue weighted by Gasteiger charge is -2.14. The van der Waals surface area contributed by atoms with Crippen LogP contribution in [0.15, 0.2) is 65.1 Å². The minimum Gasteiger partial charge on any atom is -0.489 e. The largest absolute Gasteiger partial charge is 0.489 e. The van der Waals surface area contributed by atoms with Gasteiger partial charge in [-0.25, -0.2) is 0 Å². The maximum absolute atomic E-state index is 6.21. The summed E-state index contributed by atoms with van der Waals surface area (Å²) in [5.74, 6) is 0.816. The van der Waals surface area contributed by atoms with Crippen molar-refractivity contribution in [3.05, 3.63) is 96.9 Å². The van der Waals surface area contributed by atoms with Gasteiger partial charge in [0.2, 0.25) is 0 Å². The summed E-state index contributed by atoms with van der Waals surface area (Å²) in [6, 6.07) is 19.3. The Balaban J connectivity index is 1.65. The van der Waals surface area contributed by atoms with E-state index in [1.807, 2.05) is 54.6 Å². The van der Waals surface area contributed by atoms with E-state index in [1.54, 1.807) is 6.07 Å². The normalized spacial score (nSPS) is 10.8. The van der Waals surface area contributed by atoms with Gasteiger partial charge in [0.1, 0.15) is 12.4 Å². The summed E-state index contributed by atoms with van der Waals surface area (Å²) in [6.45, 7) is 1.75. The van der Waals surface area contributed by atoms with Gasteiger partial charge in [0.15, 0.2) is 0 Å². The Hall–Kier alpha value is -1.23. The van der Waals surface area contributed by atoms with Crippen LogP contribution < -0.4 is 10.1 Å². The summed E-state index contributed by atoms with van der Waals surface area (Å²) < 4.78 is 7.01. The van der Waals surface area contributed by atoms with E-state index < -0.39 is 0 Å². The molecule has 0 radical (unpaired) electrons. The number of hydrogen-bond donors (Lipinski definition) is 1. The highest BCUT2D eigenvalue weighted by atomic mass is 79.9. The quantitative estimate of drug-likeness (QED) is 0.380. The average Bonchev–Trinajstić information content (AvgIpc) is 2.65. The molecule has 2 nitrogen and oxygen atoms in total. The van der Waals surface area contributed by atoms with Crippen molar-refractivity contribution >= 4 is 50.7 Å². The molecule has 3 rings (SSSR count). The monoisotopic (exact) mass is 483 g/mol. The fraction of sp³-hybridized carbons (Fsp3) is 0.143. The zero-order valence-corrected chi connectivity index (χ0v) is 18.2. The van der Waals surface area contributed by atoms with Gasteiger partial charge < -0.3 is 10.1 Å². The Morgan fingerprint density at radius 3 is 2.33 bits per heavy atom. The number of nitrogens with one attached hydrogen (secondary N) is 1. The van der Waals surface area contributed by atoms with Gasteiger partial charge in [0, 0.05) is 28.1 Å². The van der Waals surface area contributed by atoms with Gasteiger partial charge in [0.05, 0.1) is 10.0 Å². The van der Waals surface area contributed by atoms with Crippen LogP contribution in [0.4, 0.5) is 0 Å². The first-order chi connectivity index (χ1) is 13.0. The summed E-state index contributed by atoms with van der Waals surface area (Å²) in [6.07, 6.45) is 0. The molecule has 0 aromatic heterocycles. The standard InChI is InChI=1S/C21H17BrCl3NO/c22-17-6-8-21(27-13-14-5-7-19(24)20(25)9-14)16(10-17)12-26-11-15-3-1-2-4-18(15)23/h1-10,26H,11-13H2. The van der Waals surface area contributed by atoms with Crippen molar-refractivity contribution in [1.82, 2.24) is 5.32 Å². The summed E-state index contributed by atoms with van der Waals surface area (Å²) >= 11 is 21.8. The molecule has 0 fully saturated rings. The first kappa shape index (κ1) is 20.5. The van der Waals surface area contributed by atoms with E-state index in [4.69, 9.17) is 39.5 Å². The SMILES string of the molecule is Clc1ccc(COc2ccc(Br)cc2CNCc2ccccc2Cl)cc1Cl. The van der Waals surface area contributed by atoms with Crippen LogP contribution in [0, 0.1) is 0 Å². The van der Waals surface area contributed by atoms with Crippen LogP contribution in [0.3, 0.4) is 0 Å². The molecular formula is C21H17BrCl3NO. The zero-order valence-electron chi connectivity index (χ0n) is 14.3. The lowest BCUT2D eigenvalue weighted by molar-refractivity contribution is 0.302. The highest BCUT2D eigenvalue weighted by Gasteiger charge is 2.07. The Labute approximate surface area is 182 Å².